The predicted molar refractivity (Wildman–Crippen MR) is 87.1 cm³/mol. The largest absolute Gasteiger partial charge is 0.458 e. The average Bonchev–Trinajstić information content (AvgIpc) is 2.81. The number of carbonyl (C=O) groups is 2. The zero-order valence-corrected chi connectivity index (χ0v) is 14.2. The van der Waals surface area contributed by atoms with E-state index in [1.807, 2.05) is 30.3 Å². The third-order valence-corrected chi connectivity index (χ3v) is 5.78. The number of ketones is 1. The number of ether oxygens (including phenoxy) is 1. The van der Waals surface area contributed by atoms with Crippen molar-refractivity contribution in [3.8, 4) is 0 Å². The van der Waals surface area contributed by atoms with E-state index < -0.39 is 28.6 Å². The number of hydrogen-bond donors (Lipinski definition) is 2. The van der Waals surface area contributed by atoms with Crippen LogP contribution >= 0.6 is 0 Å². The molecule has 4 aliphatic rings. The first-order valence-corrected chi connectivity index (χ1v) is 8.53. The zero-order chi connectivity index (χ0) is 17.3. The number of carbonyl (C=O) groups excluding carboxylic acids is 2. The molecule has 2 heterocycles. The number of Topliss-reactive ketones (excluding diaryl/α,β-unsaturated/α-hetero) is 1. The Hall–Kier alpha value is -1.72. The molecule has 1 aromatic rings. The summed E-state index contributed by atoms with van der Waals surface area (Å²) in [5.74, 6) is -1.14. The summed E-state index contributed by atoms with van der Waals surface area (Å²) in [6.07, 6.45) is 1.08. The molecule has 0 spiro atoms. The Morgan fingerprint density at radius 3 is 2.54 bits per heavy atom. The van der Waals surface area contributed by atoms with Crippen LogP contribution in [0, 0.1) is 11.8 Å². The highest BCUT2D eigenvalue weighted by Crippen LogP contribution is 2.62. The van der Waals surface area contributed by atoms with E-state index in [9.17, 15) is 14.7 Å². The van der Waals surface area contributed by atoms with Crippen LogP contribution in [0.2, 0.25) is 0 Å². The van der Waals surface area contributed by atoms with Crippen molar-refractivity contribution in [1.82, 2.24) is 5.32 Å². The minimum Gasteiger partial charge on any atom is -0.458 e. The monoisotopic (exact) mass is 329 g/mol. The van der Waals surface area contributed by atoms with Crippen molar-refractivity contribution in [1.29, 1.82) is 0 Å². The summed E-state index contributed by atoms with van der Waals surface area (Å²) >= 11 is 0. The van der Waals surface area contributed by atoms with Gasteiger partial charge in [-0.15, -0.1) is 0 Å². The van der Waals surface area contributed by atoms with Gasteiger partial charge >= 0.3 is 5.97 Å². The Morgan fingerprint density at radius 1 is 1.25 bits per heavy atom. The molecule has 5 rings (SSSR count). The van der Waals surface area contributed by atoms with Gasteiger partial charge < -0.3 is 9.84 Å². The fourth-order valence-electron chi connectivity index (χ4n) is 4.95. The molecule has 0 aromatic heterocycles. The van der Waals surface area contributed by atoms with Crippen molar-refractivity contribution < 1.29 is 19.4 Å². The first-order chi connectivity index (χ1) is 11.2. The Balaban J connectivity index is 1.87. The summed E-state index contributed by atoms with van der Waals surface area (Å²) in [4.78, 5) is 25.8. The number of benzene rings is 1. The second-order valence-corrected chi connectivity index (χ2v) is 8.26. The minimum absolute atomic E-state index is 0.0314. The van der Waals surface area contributed by atoms with E-state index in [-0.39, 0.29) is 17.7 Å². The highest BCUT2D eigenvalue weighted by Gasteiger charge is 2.79. The SMILES string of the molecule is CC(C)(C)OC(=O)C12NC3CC(CC1C3=O)C2(O)c1ccccc1. The second-order valence-electron chi connectivity index (χ2n) is 8.26. The molecule has 5 atom stereocenters. The van der Waals surface area contributed by atoms with Gasteiger partial charge in [0.05, 0.1) is 12.0 Å². The molecular weight excluding hydrogens is 306 g/mol. The number of piperidine rings is 1. The average molecular weight is 329 g/mol. The highest BCUT2D eigenvalue weighted by atomic mass is 16.6. The quantitative estimate of drug-likeness (QED) is 0.805. The van der Waals surface area contributed by atoms with Crippen LogP contribution in [0.25, 0.3) is 0 Å². The van der Waals surface area contributed by atoms with Gasteiger partial charge in [0.2, 0.25) is 0 Å². The van der Waals surface area contributed by atoms with E-state index in [0.29, 0.717) is 18.4 Å². The number of nitrogens with one attached hydrogen (secondary N) is 1. The highest BCUT2D eigenvalue weighted by molar-refractivity contribution is 6.02. The van der Waals surface area contributed by atoms with Gasteiger partial charge in [0, 0.05) is 0 Å². The molecule has 128 valence electrons. The lowest BCUT2D eigenvalue weighted by Gasteiger charge is -2.47. The van der Waals surface area contributed by atoms with Gasteiger partial charge in [-0.05, 0) is 45.1 Å². The van der Waals surface area contributed by atoms with Crippen LogP contribution in [-0.4, -0.2) is 34.0 Å². The van der Waals surface area contributed by atoms with E-state index in [0.717, 1.165) is 0 Å². The smallest absolute Gasteiger partial charge is 0.331 e. The Bertz CT molecular complexity index is 710. The predicted octanol–water partition coefficient (Wildman–Crippen LogP) is 1.54. The molecule has 2 N–H and O–H groups in total. The number of esters is 1. The lowest BCUT2D eigenvalue weighted by molar-refractivity contribution is -0.182. The lowest BCUT2D eigenvalue weighted by Crippen LogP contribution is -2.69. The molecular formula is C19H23NO4. The van der Waals surface area contributed by atoms with Gasteiger partial charge in [0.25, 0.3) is 0 Å². The van der Waals surface area contributed by atoms with E-state index in [4.69, 9.17) is 4.74 Å². The minimum atomic E-state index is -1.43. The number of rotatable bonds is 2. The van der Waals surface area contributed by atoms with E-state index in [2.05, 4.69) is 5.32 Å². The van der Waals surface area contributed by atoms with Crippen molar-refractivity contribution in [3.63, 3.8) is 0 Å². The topological polar surface area (TPSA) is 75.6 Å². The van der Waals surface area contributed by atoms with Crippen molar-refractivity contribution in [2.24, 2.45) is 11.8 Å². The Labute approximate surface area is 141 Å². The van der Waals surface area contributed by atoms with Crippen molar-refractivity contribution in [2.75, 3.05) is 0 Å². The summed E-state index contributed by atoms with van der Waals surface area (Å²) in [7, 11) is 0. The fourth-order valence-corrected chi connectivity index (χ4v) is 4.95. The fraction of sp³-hybridized carbons (Fsp3) is 0.579. The molecule has 2 aliphatic carbocycles. The molecule has 5 nitrogen and oxygen atoms in total. The van der Waals surface area contributed by atoms with Crippen molar-refractivity contribution in [3.05, 3.63) is 35.9 Å². The molecule has 5 heteroatoms. The first kappa shape index (κ1) is 15.8. The summed E-state index contributed by atoms with van der Waals surface area (Å²) in [5.41, 5.74) is -2.83. The molecule has 24 heavy (non-hydrogen) atoms. The van der Waals surface area contributed by atoms with Crippen LogP contribution in [0.5, 0.6) is 0 Å². The van der Waals surface area contributed by atoms with Gasteiger partial charge in [0.1, 0.15) is 11.2 Å². The standard InChI is InChI=1S/C19H23NO4/c1-17(2,3)24-16(22)18-13-9-12(10-14(20-18)15(13)21)19(18,23)11-7-5-4-6-8-11/h4-8,12-14,20,23H,9-10H2,1-3H3. The second kappa shape index (κ2) is 4.67. The van der Waals surface area contributed by atoms with Gasteiger partial charge in [-0.3, -0.25) is 10.1 Å². The van der Waals surface area contributed by atoms with Crippen LogP contribution in [0.3, 0.4) is 0 Å². The van der Waals surface area contributed by atoms with E-state index >= 15 is 0 Å². The summed E-state index contributed by atoms with van der Waals surface area (Å²) in [5, 5.41) is 14.9. The van der Waals surface area contributed by atoms with Gasteiger partial charge in [0.15, 0.2) is 11.3 Å². The van der Waals surface area contributed by atoms with Crippen LogP contribution in [0.4, 0.5) is 0 Å². The van der Waals surface area contributed by atoms with Crippen LogP contribution in [0.1, 0.15) is 39.2 Å². The molecule has 1 aromatic carbocycles. The molecule has 4 fully saturated rings. The van der Waals surface area contributed by atoms with E-state index in [1.54, 1.807) is 20.8 Å². The summed E-state index contributed by atoms with van der Waals surface area (Å²) in [6, 6.07) is 8.85. The normalized spacial score (nSPS) is 40.2. The molecule has 2 aliphatic heterocycles. The van der Waals surface area contributed by atoms with Crippen LogP contribution < -0.4 is 5.32 Å². The molecule has 0 radical (unpaired) electrons. The maximum absolute atomic E-state index is 13.2. The van der Waals surface area contributed by atoms with Crippen molar-refractivity contribution in [2.45, 2.75) is 56.4 Å². The Morgan fingerprint density at radius 2 is 1.92 bits per heavy atom. The first-order valence-electron chi connectivity index (χ1n) is 8.53. The molecule has 4 bridgehead atoms. The molecule has 2 saturated carbocycles. The molecule has 0 amide bonds. The lowest BCUT2D eigenvalue weighted by atomic mass is 9.70. The maximum Gasteiger partial charge on any atom is 0.331 e. The summed E-state index contributed by atoms with van der Waals surface area (Å²) in [6.45, 7) is 5.39. The number of aliphatic hydroxyl groups is 1. The number of hydrogen-bond acceptors (Lipinski definition) is 5. The van der Waals surface area contributed by atoms with Gasteiger partial charge in [-0.1, -0.05) is 30.3 Å². The van der Waals surface area contributed by atoms with Gasteiger partial charge in [-0.25, -0.2) is 4.79 Å². The van der Waals surface area contributed by atoms with Gasteiger partial charge in [-0.2, -0.15) is 0 Å². The van der Waals surface area contributed by atoms with E-state index in [1.165, 1.54) is 0 Å². The Kier molecular flexibility index (Phi) is 3.07. The third kappa shape index (κ3) is 1.77. The molecule has 2 saturated heterocycles. The maximum atomic E-state index is 13.2. The third-order valence-electron chi connectivity index (χ3n) is 5.78. The summed E-state index contributed by atoms with van der Waals surface area (Å²) < 4.78 is 5.65. The zero-order valence-electron chi connectivity index (χ0n) is 14.2. The molecule has 5 unspecified atom stereocenters. The van der Waals surface area contributed by atoms with Crippen LogP contribution in [0.15, 0.2) is 30.3 Å². The van der Waals surface area contributed by atoms with Crippen LogP contribution in [-0.2, 0) is 19.9 Å². The van der Waals surface area contributed by atoms with Crippen molar-refractivity contribution >= 4 is 11.8 Å².